The first kappa shape index (κ1) is 10.2. The molecule has 0 aliphatic carbocycles. The first-order valence-electron chi connectivity index (χ1n) is 4.99. The molecule has 1 atom stereocenters. The van der Waals surface area contributed by atoms with Crippen LogP contribution in [0.1, 0.15) is 32.6 Å². The Kier molecular flexibility index (Phi) is 2.31. The largest absolute Gasteiger partial charge is 0.484 e. The molecule has 1 aromatic heterocycles. The van der Waals surface area contributed by atoms with Gasteiger partial charge in [-0.05, 0) is 32.9 Å². The number of fused-ring (bicyclic) bond motifs is 1. The van der Waals surface area contributed by atoms with E-state index in [-0.39, 0.29) is 5.60 Å². The fourth-order valence-electron chi connectivity index (χ4n) is 1.40. The number of aromatic nitrogens is 1. The zero-order chi connectivity index (χ0) is 11.1. The number of ether oxygens (including phenoxy) is 2. The summed E-state index contributed by atoms with van der Waals surface area (Å²) in [6, 6.07) is 3.52. The van der Waals surface area contributed by atoms with Crippen molar-refractivity contribution < 1.29 is 14.6 Å². The Hall–Kier alpha value is -1.29. The van der Waals surface area contributed by atoms with E-state index in [4.69, 9.17) is 9.47 Å². The van der Waals surface area contributed by atoms with Crippen LogP contribution in [0.3, 0.4) is 0 Å². The van der Waals surface area contributed by atoms with Gasteiger partial charge in [-0.2, -0.15) is 0 Å². The van der Waals surface area contributed by atoms with E-state index in [1.807, 2.05) is 13.8 Å². The van der Waals surface area contributed by atoms with Gasteiger partial charge in [0, 0.05) is 0 Å². The van der Waals surface area contributed by atoms with E-state index in [0.717, 1.165) is 0 Å². The summed E-state index contributed by atoms with van der Waals surface area (Å²) >= 11 is 0. The van der Waals surface area contributed by atoms with Crippen molar-refractivity contribution in [3.63, 3.8) is 0 Å². The third-order valence-corrected chi connectivity index (χ3v) is 2.22. The summed E-state index contributed by atoms with van der Waals surface area (Å²) in [5.41, 5.74) is 0.229. The summed E-state index contributed by atoms with van der Waals surface area (Å²) in [6.07, 6.45) is -0.594. The van der Waals surface area contributed by atoms with Crippen molar-refractivity contribution in [3.8, 4) is 11.6 Å². The van der Waals surface area contributed by atoms with Gasteiger partial charge in [-0.1, -0.05) is 0 Å². The van der Waals surface area contributed by atoms with Crippen LogP contribution in [0.2, 0.25) is 0 Å². The van der Waals surface area contributed by atoms with Gasteiger partial charge in [-0.15, -0.1) is 0 Å². The standard InChI is InChI=1S/C11H15NO3/c1-7(13)8-4-5-9-10(12-8)15-11(2,3)6-14-9/h4-5,7,13H,6H2,1-3H3. The summed E-state index contributed by atoms with van der Waals surface area (Å²) in [4.78, 5) is 4.21. The molecule has 82 valence electrons. The SMILES string of the molecule is CC(O)c1ccc2c(n1)OC(C)(C)CO2. The van der Waals surface area contributed by atoms with Crippen molar-refractivity contribution in [2.45, 2.75) is 32.5 Å². The van der Waals surface area contributed by atoms with Gasteiger partial charge in [0.2, 0.25) is 0 Å². The van der Waals surface area contributed by atoms with Gasteiger partial charge in [-0.25, -0.2) is 4.98 Å². The second-order valence-corrected chi connectivity index (χ2v) is 4.37. The first-order valence-corrected chi connectivity index (χ1v) is 4.99. The highest BCUT2D eigenvalue weighted by molar-refractivity contribution is 5.37. The molecule has 0 aromatic carbocycles. The zero-order valence-electron chi connectivity index (χ0n) is 9.15. The fourth-order valence-corrected chi connectivity index (χ4v) is 1.40. The van der Waals surface area contributed by atoms with Gasteiger partial charge in [0.25, 0.3) is 5.88 Å². The summed E-state index contributed by atoms with van der Waals surface area (Å²) < 4.78 is 11.2. The smallest absolute Gasteiger partial charge is 0.258 e. The third kappa shape index (κ3) is 2.04. The minimum atomic E-state index is -0.594. The van der Waals surface area contributed by atoms with Gasteiger partial charge in [0.15, 0.2) is 5.75 Å². The zero-order valence-corrected chi connectivity index (χ0v) is 9.15. The summed E-state index contributed by atoms with van der Waals surface area (Å²) in [6.45, 7) is 6.05. The number of nitrogens with zero attached hydrogens (tertiary/aromatic N) is 1. The molecule has 0 saturated heterocycles. The molecule has 1 N–H and O–H groups in total. The molecule has 1 aromatic rings. The number of rotatable bonds is 1. The second-order valence-electron chi connectivity index (χ2n) is 4.37. The Morgan fingerprint density at radius 1 is 1.47 bits per heavy atom. The Labute approximate surface area is 88.9 Å². The maximum atomic E-state index is 9.40. The van der Waals surface area contributed by atoms with E-state index in [2.05, 4.69) is 4.98 Å². The predicted molar refractivity (Wildman–Crippen MR) is 55.1 cm³/mol. The van der Waals surface area contributed by atoms with Crippen LogP contribution < -0.4 is 9.47 Å². The van der Waals surface area contributed by atoms with Gasteiger partial charge in [0.05, 0.1) is 11.8 Å². The van der Waals surface area contributed by atoms with Crippen LogP contribution in [0.4, 0.5) is 0 Å². The minimum absolute atomic E-state index is 0.364. The van der Waals surface area contributed by atoms with E-state index < -0.39 is 6.10 Å². The van der Waals surface area contributed by atoms with Crippen LogP contribution in [0.25, 0.3) is 0 Å². The lowest BCUT2D eigenvalue weighted by molar-refractivity contribution is 0.0153. The normalized spacial score (nSPS) is 19.7. The third-order valence-electron chi connectivity index (χ3n) is 2.22. The van der Waals surface area contributed by atoms with Crippen molar-refractivity contribution >= 4 is 0 Å². The van der Waals surface area contributed by atoms with E-state index in [0.29, 0.717) is 23.9 Å². The molecular weight excluding hydrogens is 194 g/mol. The van der Waals surface area contributed by atoms with E-state index in [1.54, 1.807) is 19.1 Å². The monoisotopic (exact) mass is 209 g/mol. The van der Waals surface area contributed by atoms with Gasteiger partial charge >= 0.3 is 0 Å². The first-order chi connectivity index (χ1) is 6.98. The molecule has 0 fully saturated rings. The molecule has 1 aliphatic heterocycles. The number of aliphatic hydroxyl groups is 1. The molecule has 1 unspecified atom stereocenters. The average molecular weight is 209 g/mol. The van der Waals surface area contributed by atoms with Crippen LogP contribution in [0, 0.1) is 0 Å². The molecule has 15 heavy (non-hydrogen) atoms. The van der Waals surface area contributed by atoms with Crippen LogP contribution in [0.15, 0.2) is 12.1 Å². The summed E-state index contributed by atoms with van der Waals surface area (Å²) in [5.74, 6) is 1.10. The van der Waals surface area contributed by atoms with E-state index in [1.165, 1.54) is 0 Å². The average Bonchev–Trinajstić information content (AvgIpc) is 2.15. The maximum Gasteiger partial charge on any atom is 0.258 e. The van der Waals surface area contributed by atoms with E-state index in [9.17, 15) is 5.11 Å². The van der Waals surface area contributed by atoms with Crippen LogP contribution in [-0.2, 0) is 0 Å². The maximum absolute atomic E-state index is 9.40. The summed E-state index contributed by atoms with van der Waals surface area (Å²) in [5, 5.41) is 9.40. The second kappa shape index (κ2) is 3.38. The van der Waals surface area contributed by atoms with Gasteiger partial charge < -0.3 is 14.6 Å². The Balaban J connectivity index is 2.35. The number of pyridine rings is 1. The van der Waals surface area contributed by atoms with Gasteiger partial charge in [-0.3, -0.25) is 0 Å². The van der Waals surface area contributed by atoms with Crippen LogP contribution in [-0.4, -0.2) is 22.3 Å². The number of aliphatic hydroxyl groups excluding tert-OH is 1. The molecule has 1 aliphatic rings. The topological polar surface area (TPSA) is 51.6 Å². The number of hydrogen-bond donors (Lipinski definition) is 1. The van der Waals surface area contributed by atoms with Crippen LogP contribution >= 0.6 is 0 Å². The predicted octanol–water partition coefficient (Wildman–Crippen LogP) is 1.68. The lowest BCUT2D eigenvalue weighted by atomic mass is 10.1. The van der Waals surface area contributed by atoms with Crippen molar-refractivity contribution in [2.75, 3.05) is 6.61 Å². The molecule has 2 heterocycles. The molecule has 0 amide bonds. The van der Waals surface area contributed by atoms with Crippen molar-refractivity contribution in [3.05, 3.63) is 17.8 Å². The highest BCUT2D eigenvalue weighted by Gasteiger charge is 2.29. The molecule has 4 nitrogen and oxygen atoms in total. The van der Waals surface area contributed by atoms with Crippen molar-refractivity contribution in [2.24, 2.45) is 0 Å². The molecule has 0 saturated carbocycles. The summed E-state index contributed by atoms with van der Waals surface area (Å²) in [7, 11) is 0. The minimum Gasteiger partial charge on any atom is -0.484 e. The quantitative estimate of drug-likeness (QED) is 0.764. The molecule has 2 rings (SSSR count). The molecular formula is C11H15NO3. The highest BCUT2D eigenvalue weighted by Crippen LogP contribution is 2.34. The van der Waals surface area contributed by atoms with Gasteiger partial charge in [0.1, 0.15) is 12.2 Å². The van der Waals surface area contributed by atoms with Crippen molar-refractivity contribution in [1.29, 1.82) is 0 Å². The fraction of sp³-hybridized carbons (Fsp3) is 0.545. The molecule has 4 heteroatoms. The Morgan fingerprint density at radius 2 is 2.20 bits per heavy atom. The Bertz CT molecular complexity index is 374. The molecule has 0 spiro atoms. The van der Waals surface area contributed by atoms with Crippen LogP contribution in [0.5, 0.6) is 11.6 Å². The highest BCUT2D eigenvalue weighted by atomic mass is 16.6. The lowest BCUT2D eigenvalue weighted by Gasteiger charge is -2.31. The van der Waals surface area contributed by atoms with Crippen molar-refractivity contribution in [1.82, 2.24) is 4.98 Å². The Morgan fingerprint density at radius 3 is 2.87 bits per heavy atom. The molecule has 0 bridgehead atoms. The van der Waals surface area contributed by atoms with E-state index >= 15 is 0 Å². The lowest BCUT2D eigenvalue weighted by Crippen LogP contribution is -2.39. The molecule has 0 radical (unpaired) electrons. The number of hydrogen-bond acceptors (Lipinski definition) is 4.